The second kappa shape index (κ2) is 4.57. The summed E-state index contributed by atoms with van der Waals surface area (Å²) < 4.78 is 5.17. The van der Waals surface area contributed by atoms with Crippen molar-refractivity contribution in [3.63, 3.8) is 0 Å². The summed E-state index contributed by atoms with van der Waals surface area (Å²) >= 11 is 0. The minimum atomic E-state index is -1.12. The van der Waals surface area contributed by atoms with Gasteiger partial charge < -0.3 is 14.9 Å². The van der Waals surface area contributed by atoms with Crippen LogP contribution in [0.25, 0.3) is 0 Å². The van der Waals surface area contributed by atoms with E-state index in [2.05, 4.69) is 4.99 Å². The number of aliphatic imine (C=N–C) groups is 1. The number of rotatable bonds is 4. The van der Waals surface area contributed by atoms with Gasteiger partial charge in [-0.2, -0.15) is 0 Å². The SMILES string of the molecule is O=C(O)CC(C(=O)O)C1C=NCC2COC=C21. The van der Waals surface area contributed by atoms with Crippen LogP contribution in [-0.2, 0) is 14.3 Å². The molecule has 6 nitrogen and oxygen atoms in total. The quantitative estimate of drug-likeness (QED) is 0.739. The van der Waals surface area contributed by atoms with Crippen LogP contribution in [-0.4, -0.2) is 41.5 Å². The smallest absolute Gasteiger partial charge is 0.308 e. The lowest BCUT2D eigenvalue weighted by Gasteiger charge is -2.26. The Morgan fingerprint density at radius 3 is 2.94 bits per heavy atom. The highest BCUT2D eigenvalue weighted by molar-refractivity contribution is 5.83. The zero-order valence-electron chi connectivity index (χ0n) is 9.07. The van der Waals surface area contributed by atoms with Gasteiger partial charge in [0.1, 0.15) is 0 Å². The molecule has 0 aromatic carbocycles. The van der Waals surface area contributed by atoms with Gasteiger partial charge in [-0.1, -0.05) is 0 Å². The Bertz CT molecular complexity index is 401. The van der Waals surface area contributed by atoms with E-state index in [1.54, 1.807) is 12.5 Å². The van der Waals surface area contributed by atoms with Crippen LogP contribution in [0.2, 0.25) is 0 Å². The molecule has 0 saturated carbocycles. The molecular formula is C11H13NO5. The zero-order valence-corrected chi connectivity index (χ0v) is 9.07. The number of fused-ring (bicyclic) bond motifs is 1. The Morgan fingerprint density at radius 1 is 1.53 bits per heavy atom. The van der Waals surface area contributed by atoms with Gasteiger partial charge >= 0.3 is 11.9 Å². The van der Waals surface area contributed by atoms with Crippen LogP contribution >= 0.6 is 0 Å². The first-order valence-electron chi connectivity index (χ1n) is 5.35. The van der Waals surface area contributed by atoms with Gasteiger partial charge in [0.15, 0.2) is 0 Å². The maximum Gasteiger partial charge on any atom is 0.308 e. The molecule has 2 aliphatic rings. The fourth-order valence-corrected chi connectivity index (χ4v) is 2.24. The van der Waals surface area contributed by atoms with Gasteiger partial charge in [0.25, 0.3) is 0 Å². The standard InChI is InChI=1S/C11H13NO5/c13-10(14)1-7(11(15)16)8-3-12-2-6-4-17-5-9(6)8/h3,5-8H,1-2,4H2,(H,13,14)(H,15,16). The molecule has 0 aromatic heterocycles. The zero-order chi connectivity index (χ0) is 12.4. The van der Waals surface area contributed by atoms with Crippen molar-refractivity contribution in [2.75, 3.05) is 13.2 Å². The average Bonchev–Trinajstić information content (AvgIpc) is 2.73. The molecule has 2 aliphatic heterocycles. The van der Waals surface area contributed by atoms with E-state index in [-0.39, 0.29) is 5.92 Å². The number of ether oxygens (including phenoxy) is 1. The molecule has 0 spiro atoms. The largest absolute Gasteiger partial charge is 0.501 e. The molecule has 0 aromatic rings. The fourth-order valence-electron chi connectivity index (χ4n) is 2.24. The van der Waals surface area contributed by atoms with Gasteiger partial charge in [0, 0.05) is 24.6 Å². The van der Waals surface area contributed by atoms with E-state index in [9.17, 15) is 9.59 Å². The van der Waals surface area contributed by atoms with Gasteiger partial charge in [0.05, 0.1) is 25.2 Å². The molecule has 0 radical (unpaired) electrons. The van der Waals surface area contributed by atoms with Crippen LogP contribution in [0.4, 0.5) is 0 Å². The second-order valence-corrected chi connectivity index (χ2v) is 4.23. The Morgan fingerprint density at radius 2 is 2.29 bits per heavy atom. The second-order valence-electron chi connectivity index (χ2n) is 4.23. The highest BCUT2D eigenvalue weighted by atomic mass is 16.5. The summed E-state index contributed by atoms with van der Waals surface area (Å²) in [5.74, 6) is -3.58. The molecule has 3 unspecified atom stereocenters. The van der Waals surface area contributed by atoms with Crippen LogP contribution in [0.15, 0.2) is 16.8 Å². The van der Waals surface area contributed by atoms with Crippen LogP contribution in [0.3, 0.4) is 0 Å². The number of carboxylic acid groups (broad SMARTS) is 2. The lowest BCUT2D eigenvalue weighted by Crippen LogP contribution is -2.33. The minimum absolute atomic E-state index is 0.0978. The van der Waals surface area contributed by atoms with E-state index in [4.69, 9.17) is 14.9 Å². The van der Waals surface area contributed by atoms with Crippen molar-refractivity contribution >= 4 is 18.2 Å². The molecule has 0 bridgehead atoms. The van der Waals surface area contributed by atoms with Crippen molar-refractivity contribution in [3.8, 4) is 0 Å². The molecule has 2 rings (SSSR count). The van der Waals surface area contributed by atoms with E-state index in [1.807, 2.05) is 0 Å². The number of nitrogens with zero attached hydrogens (tertiary/aromatic N) is 1. The molecule has 2 N–H and O–H groups in total. The molecule has 3 atom stereocenters. The van der Waals surface area contributed by atoms with Crippen LogP contribution < -0.4 is 0 Å². The summed E-state index contributed by atoms with van der Waals surface area (Å²) in [6.07, 6.45) is 2.69. The highest BCUT2D eigenvalue weighted by Gasteiger charge is 2.38. The fraction of sp³-hybridized carbons (Fsp3) is 0.545. The van der Waals surface area contributed by atoms with Gasteiger partial charge in [-0.3, -0.25) is 14.6 Å². The summed E-state index contributed by atoms with van der Waals surface area (Å²) in [6.45, 7) is 1.09. The van der Waals surface area contributed by atoms with Gasteiger partial charge in [0.2, 0.25) is 0 Å². The topological polar surface area (TPSA) is 96.2 Å². The van der Waals surface area contributed by atoms with Crippen molar-refractivity contribution in [1.82, 2.24) is 0 Å². The van der Waals surface area contributed by atoms with Crippen LogP contribution in [0.1, 0.15) is 6.42 Å². The Kier molecular flexibility index (Phi) is 3.12. The van der Waals surface area contributed by atoms with Crippen molar-refractivity contribution in [1.29, 1.82) is 0 Å². The van der Waals surface area contributed by atoms with E-state index >= 15 is 0 Å². The van der Waals surface area contributed by atoms with Crippen molar-refractivity contribution in [3.05, 3.63) is 11.8 Å². The third kappa shape index (κ3) is 2.30. The van der Waals surface area contributed by atoms with Crippen molar-refractivity contribution < 1.29 is 24.5 Å². The van der Waals surface area contributed by atoms with E-state index in [1.165, 1.54) is 0 Å². The average molecular weight is 239 g/mol. The molecule has 17 heavy (non-hydrogen) atoms. The first-order chi connectivity index (χ1) is 8.09. The minimum Gasteiger partial charge on any atom is -0.501 e. The number of aliphatic carboxylic acids is 2. The Labute approximate surface area is 97.6 Å². The number of hydrogen-bond acceptors (Lipinski definition) is 4. The molecule has 0 aliphatic carbocycles. The first kappa shape index (κ1) is 11.6. The first-order valence-corrected chi connectivity index (χ1v) is 5.35. The molecule has 0 saturated heterocycles. The van der Waals surface area contributed by atoms with E-state index in [0.717, 1.165) is 5.57 Å². The van der Waals surface area contributed by atoms with Gasteiger partial charge in [-0.15, -0.1) is 0 Å². The molecule has 6 heteroatoms. The summed E-state index contributed by atoms with van der Waals surface area (Å²) in [4.78, 5) is 25.9. The Balaban J connectivity index is 2.23. The molecule has 0 amide bonds. The van der Waals surface area contributed by atoms with Crippen LogP contribution in [0, 0.1) is 17.8 Å². The maximum absolute atomic E-state index is 11.1. The normalized spacial score (nSPS) is 27.9. The number of hydrogen-bond donors (Lipinski definition) is 2. The molecular weight excluding hydrogens is 226 g/mol. The lowest BCUT2D eigenvalue weighted by atomic mass is 9.78. The van der Waals surface area contributed by atoms with Crippen LogP contribution in [0.5, 0.6) is 0 Å². The number of carboxylic acids is 2. The Hall–Kier alpha value is -1.85. The van der Waals surface area contributed by atoms with E-state index in [0.29, 0.717) is 13.2 Å². The number of carbonyl (C=O) groups is 2. The third-order valence-corrected chi connectivity index (χ3v) is 3.11. The van der Waals surface area contributed by atoms with Crippen molar-refractivity contribution in [2.24, 2.45) is 22.7 Å². The van der Waals surface area contributed by atoms with Crippen molar-refractivity contribution in [2.45, 2.75) is 6.42 Å². The van der Waals surface area contributed by atoms with Gasteiger partial charge in [-0.25, -0.2) is 0 Å². The highest BCUT2D eigenvalue weighted by Crippen LogP contribution is 2.34. The maximum atomic E-state index is 11.1. The predicted octanol–water partition coefficient (Wildman–Crippen LogP) is 0.393. The third-order valence-electron chi connectivity index (χ3n) is 3.11. The molecule has 92 valence electrons. The summed E-state index contributed by atoms with van der Waals surface area (Å²) in [5, 5.41) is 17.8. The lowest BCUT2D eigenvalue weighted by molar-refractivity contribution is -0.149. The summed E-state index contributed by atoms with van der Waals surface area (Å²) in [6, 6.07) is 0. The summed E-state index contributed by atoms with van der Waals surface area (Å²) in [5.41, 5.74) is 0.855. The monoisotopic (exact) mass is 239 g/mol. The molecule has 0 fully saturated rings. The van der Waals surface area contributed by atoms with Gasteiger partial charge in [-0.05, 0) is 5.57 Å². The van der Waals surface area contributed by atoms with E-state index < -0.39 is 30.2 Å². The summed E-state index contributed by atoms with van der Waals surface area (Å²) in [7, 11) is 0. The predicted molar refractivity (Wildman–Crippen MR) is 57.8 cm³/mol. The molecule has 2 heterocycles.